The first kappa shape index (κ1) is 17.3. The van der Waals surface area contributed by atoms with Gasteiger partial charge in [-0.2, -0.15) is 4.31 Å². The zero-order valence-electron chi connectivity index (χ0n) is 12.2. The summed E-state index contributed by atoms with van der Waals surface area (Å²) in [4.78, 5) is 14.4. The van der Waals surface area contributed by atoms with E-state index in [1.54, 1.807) is 6.92 Å². The Bertz CT molecular complexity index is 611. The second-order valence-corrected chi connectivity index (χ2v) is 6.41. The van der Waals surface area contributed by atoms with Crippen molar-refractivity contribution < 1.29 is 18.3 Å². The van der Waals surface area contributed by atoms with Crippen LogP contribution in [0.1, 0.15) is 32.3 Å². The van der Waals surface area contributed by atoms with E-state index >= 15 is 0 Å². The molecule has 0 aliphatic carbocycles. The summed E-state index contributed by atoms with van der Waals surface area (Å²) in [6.45, 7) is 4.64. The zero-order valence-corrected chi connectivity index (χ0v) is 13.0. The number of aliphatic carboxylic acids is 1. The average Bonchev–Trinajstić information content (AvgIpc) is 2.46. The van der Waals surface area contributed by atoms with Crippen molar-refractivity contribution >= 4 is 22.1 Å². The molecule has 1 aromatic heterocycles. The van der Waals surface area contributed by atoms with Crippen LogP contribution in [-0.2, 0) is 14.8 Å². The molecule has 7 heteroatoms. The fraction of sp³-hybridized carbons (Fsp3) is 0.429. The second-order valence-electron chi connectivity index (χ2n) is 4.48. The van der Waals surface area contributed by atoms with E-state index in [1.165, 1.54) is 28.8 Å². The predicted molar refractivity (Wildman–Crippen MR) is 80.2 cm³/mol. The highest BCUT2D eigenvalue weighted by Gasteiger charge is 2.22. The SMILES string of the molecule is CCCCN(CC)S(=O)(=O)c1cncc(C=CC(=O)O)c1. The zero-order chi connectivity index (χ0) is 15.9. The van der Waals surface area contributed by atoms with Crippen LogP contribution in [0.15, 0.2) is 29.4 Å². The van der Waals surface area contributed by atoms with Crippen molar-refractivity contribution in [2.75, 3.05) is 13.1 Å². The molecule has 0 aliphatic heterocycles. The van der Waals surface area contributed by atoms with E-state index in [0.29, 0.717) is 18.7 Å². The maximum atomic E-state index is 12.5. The molecule has 0 amide bonds. The Hall–Kier alpha value is -1.73. The summed E-state index contributed by atoms with van der Waals surface area (Å²) in [6, 6.07) is 1.43. The summed E-state index contributed by atoms with van der Waals surface area (Å²) in [5, 5.41) is 8.59. The second kappa shape index (κ2) is 7.90. The summed E-state index contributed by atoms with van der Waals surface area (Å²) < 4.78 is 26.4. The van der Waals surface area contributed by atoms with E-state index in [9.17, 15) is 13.2 Å². The number of pyridine rings is 1. The fourth-order valence-electron chi connectivity index (χ4n) is 1.77. The van der Waals surface area contributed by atoms with Crippen LogP contribution < -0.4 is 0 Å². The standard InChI is InChI=1S/C14H20N2O4S/c1-3-5-8-16(4-2)21(19,20)13-9-12(10-15-11-13)6-7-14(17)18/h6-7,9-11H,3-5,8H2,1-2H3,(H,17,18). The van der Waals surface area contributed by atoms with Crippen molar-refractivity contribution in [2.24, 2.45) is 0 Å². The number of rotatable bonds is 8. The summed E-state index contributed by atoms with van der Waals surface area (Å²) in [5.74, 6) is -1.10. The molecule has 0 aliphatic rings. The smallest absolute Gasteiger partial charge is 0.328 e. The normalized spacial score (nSPS) is 12.1. The van der Waals surface area contributed by atoms with Gasteiger partial charge in [0.2, 0.25) is 10.0 Å². The van der Waals surface area contributed by atoms with Gasteiger partial charge in [-0.15, -0.1) is 0 Å². The lowest BCUT2D eigenvalue weighted by molar-refractivity contribution is -0.131. The van der Waals surface area contributed by atoms with Gasteiger partial charge in [-0.05, 0) is 24.1 Å². The first-order valence-electron chi connectivity index (χ1n) is 6.78. The Labute approximate surface area is 125 Å². The van der Waals surface area contributed by atoms with Crippen LogP contribution in [0, 0.1) is 0 Å². The molecule has 21 heavy (non-hydrogen) atoms. The van der Waals surface area contributed by atoms with Crippen molar-refractivity contribution in [1.82, 2.24) is 9.29 Å². The lowest BCUT2D eigenvalue weighted by atomic mass is 10.2. The molecule has 0 bridgehead atoms. The lowest BCUT2D eigenvalue weighted by Crippen LogP contribution is -2.32. The third-order valence-electron chi connectivity index (χ3n) is 2.90. The minimum Gasteiger partial charge on any atom is -0.478 e. The summed E-state index contributed by atoms with van der Waals surface area (Å²) >= 11 is 0. The van der Waals surface area contributed by atoms with Gasteiger partial charge in [-0.3, -0.25) is 4.98 Å². The van der Waals surface area contributed by atoms with Gasteiger partial charge in [-0.25, -0.2) is 13.2 Å². The predicted octanol–water partition coefficient (Wildman–Crippen LogP) is 1.99. The molecule has 0 atom stereocenters. The Morgan fingerprint density at radius 3 is 2.67 bits per heavy atom. The quantitative estimate of drug-likeness (QED) is 0.742. The van der Waals surface area contributed by atoms with Crippen molar-refractivity contribution in [3.63, 3.8) is 0 Å². The first-order valence-corrected chi connectivity index (χ1v) is 8.22. The molecule has 0 saturated carbocycles. The summed E-state index contributed by atoms with van der Waals surface area (Å²) in [6.07, 6.45) is 6.66. The third-order valence-corrected chi connectivity index (χ3v) is 4.84. The van der Waals surface area contributed by atoms with E-state index in [-0.39, 0.29) is 4.90 Å². The molecule has 0 radical (unpaired) electrons. The molecule has 1 N–H and O–H groups in total. The van der Waals surface area contributed by atoms with Gasteiger partial charge in [0, 0.05) is 31.6 Å². The van der Waals surface area contributed by atoms with E-state index in [1.807, 2.05) is 6.92 Å². The van der Waals surface area contributed by atoms with Gasteiger partial charge in [0.25, 0.3) is 0 Å². The Kier molecular flexibility index (Phi) is 6.51. The minimum absolute atomic E-state index is 0.0768. The van der Waals surface area contributed by atoms with E-state index in [0.717, 1.165) is 18.9 Å². The number of aromatic nitrogens is 1. The van der Waals surface area contributed by atoms with Crippen LogP contribution in [-0.4, -0.2) is 41.9 Å². The molecular weight excluding hydrogens is 292 g/mol. The Morgan fingerprint density at radius 2 is 2.10 bits per heavy atom. The Morgan fingerprint density at radius 1 is 1.38 bits per heavy atom. The molecule has 0 saturated heterocycles. The highest BCUT2D eigenvalue weighted by molar-refractivity contribution is 7.89. The van der Waals surface area contributed by atoms with Gasteiger partial charge >= 0.3 is 5.97 Å². The van der Waals surface area contributed by atoms with Gasteiger partial charge < -0.3 is 5.11 Å². The number of carboxylic acid groups (broad SMARTS) is 1. The molecule has 0 unspecified atom stereocenters. The molecule has 0 spiro atoms. The van der Waals surface area contributed by atoms with E-state index in [4.69, 9.17) is 5.11 Å². The topological polar surface area (TPSA) is 87.6 Å². The van der Waals surface area contributed by atoms with Crippen LogP contribution in [0.5, 0.6) is 0 Å². The maximum Gasteiger partial charge on any atom is 0.328 e. The first-order chi connectivity index (χ1) is 9.91. The van der Waals surface area contributed by atoms with Crippen LogP contribution in [0.25, 0.3) is 6.08 Å². The molecule has 116 valence electrons. The van der Waals surface area contributed by atoms with E-state index < -0.39 is 16.0 Å². The van der Waals surface area contributed by atoms with Crippen LogP contribution in [0.4, 0.5) is 0 Å². The molecule has 0 fully saturated rings. The van der Waals surface area contributed by atoms with Gasteiger partial charge in [0.15, 0.2) is 0 Å². The van der Waals surface area contributed by atoms with E-state index in [2.05, 4.69) is 4.98 Å². The summed E-state index contributed by atoms with van der Waals surface area (Å²) in [7, 11) is -3.59. The van der Waals surface area contributed by atoms with Crippen molar-refractivity contribution in [2.45, 2.75) is 31.6 Å². The summed E-state index contributed by atoms with van der Waals surface area (Å²) in [5.41, 5.74) is 0.435. The molecular formula is C14H20N2O4S. The monoisotopic (exact) mass is 312 g/mol. The number of unbranched alkanes of at least 4 members (excludes halogenated alkanes) is 1. The van der Waals surface area contributed by atoms with Gasteiger partial charge in [0.1, 0.15) is 4.90 Å². The van der Waals surface area contributed by atoms with Crippen molar-refractivity contribution in [1.29, 1.82) is 0 Å². The number of carbonyl (C=O) groups is 1. The van der Waals surface area contributed by atoms with Crippen molar-refractivity contribution in [3.05, 3.63) is 30.1 Å². The molecule has 1 aromatic rings. The maximum absolute atomic E-state index is 12.5. The Balaban J connectivity index is 3.07. The number of sulfonamides is 1. The van der Waals surface area contributed by atoms with Crippen LogP contribution in [0.3, 0.4) is 0 Å². The number of carboxylic acids is 1. The van der Waals surface area contributed by atoms with Crippen LogP contribution >= 0.6 is 0 Å². The third kappa shape index (κ3) is 4.95. The number of nitrogens with zero attached hydrogens (tertiary/aromatic N) is 2. The minimum atomic E-state index is -3.59. The molecule has 1 heterocycles. The molecule has 1 rings (SSSR count). The fourth-order valence-corrected chi connectivity index (χ4v) is 3.25. The average molecular weight is 312 g/mol. The van der Waals surface area contributed by atoms with Gasteiger partial charge in [-0.1, -0.05) is 20.3 Å². The lowest BCUT2D eigenvalue weighted by Gasteiger charge is -2.20. The largest absolute Gasteiger partial charge is 0.478 e. The van der Waals surface area contributed by atoms with Crippen LogP contribution in [0.2, 0.25) is 0 Å². The molecule has 6 nitrogen and oxygen atoms in total. The number of hydrogen-bond acceptors (Lipinski definition) is 4. The molecule has 0 aromatic carbocycles. The van der Waals surface area contributed by atoms with Gasteiger partial charge in [0.05, 0.1) is 0 Å². The highest BCUT2D eigenvalue weighted by atomic mass is 32.2. The number of hydrogen-bond donors (Lipinski definition) is 1. The highest BCUT2D eigenvalue weighted by Crippen LogP contribution is 2.17. The van der Waals surface area contributed by atoms with Crippen molar-refractivity contribution in [3.8, 4) is 0 Å².